The summed E-state index contributed by atoms with van der Waals surface area (Å²) in [5, 5.41) is 7.01. The minimum atomic E-state index is -0.132. The summed E-state index contributed by atoms with van der Waals surface area (Å²) in [5.74, 6) is -0.130. The van der Waals surface area contributed by atoms with Gasteiger partial charge in [0.15, 0.2) is 0 Å². The topological polar surface area (TPSA) is 67.2 Å². The van der Waals surface area contributed by atoms with Gasteiger partial charge in [0.2, 0.25) is 0 Å². The normalized spacial score (nSPS) is 17.1. The van der Waals surface area contributed by atoms with Crippen LogP contribution in [-0.2, 0) is 6.54 Å². The maximum absolute atomic E-state index is 12.3. The van der Waals surface area contributed by atoms with Gasteiger partial charge in [0.25, 0.3) is 5.91 Å². The zero-order chi connectivity index (χ0) is 14.8. The molecule has 3 rings (SSSR count). The molecule has 21 heavy (non-hydrogen) atoms. The highest BCUT2D eigenvalue weighted by Gasteiger charge is 2.24. The Morgan fingerprint density at radius 1 is 1.24 bits per heavy atom. The van der Waals surface area contributed by atoms with Crippen LogP contribution in [0.3, 0.4) is 0 Å². The SMILES string of the molecule is Nc1ccc(C(=O)NC2CNCc3cccc(Cl)c32)cc1. The second-order valence-electron chi connectivity index (χ2n) is 5.09. The van der Waals surface area contributed by atoms with Crippen LogP contribution in [0.1, 0.15) is 27.5 Å². The maximum Gasteiger partial charge on any atom is 0.251 e. The molecule has 1 aliphatic heterocycles. The summed E-state index contributed by atoms with van der Waals surface area (Å²) in [6, 6.07) is 12.5. The van der Waals surface area contributed by atoms with E-state index in [4.69, 9.17) is 17.3 Å². The van der Waals surface area contributed by atoms with E-state index in [1.807, 2.05) is 18.2 Å². The quantitative estimate of drug-likeness (QED) is 0.747. The predicted molar refractivity (Wildman–Crippen MR) is 84.2 cm³/mol. The Labute approximate surface area is 128 Å². The average molecular weight is 302 g/mol. The first-order valence-electron chi connectivity index (χ1n) is 6.79. The van der Waals surface area contributed by atoms with Crippen LogP contribution in [0.25, 0.3) is 0 Å². The van der Waals surface area contributed by atoms with Crippen molar-refractivity contribution in [1.82, 2.24) is 10.6 Å². The fourth-order valence-corrected chi connectivity index (χ4v) is 2.90. The lowest BCUT2D eigenvalue weighted by Gasteiger charge is -2.28. The molecule has 108 valence electrons. The number of carbonyl (C=O) groups is 1. The van der Waals surface area contributed by atoms with Crippen molar-refractivity contribution >= 4 is 23.2 Å². The molecule has 4 N–H and O–H groups in total. The summed E-state index contributed by atoms with van der Waals surface area (Å²) in [4.78, 5) is 12.3. The third-order valence-corrected chi connectivity index (χ3v) is 3.96. The molecule has 4 nitrogen and oxygen atoms in total. The van der Waals surface area contributed by atoms with Crippen molar-refractivity contribution in [2.45, 2.75) is 12.6 Å². The van der Waals surface area contributed by atoms with E-state index in [1.54, 1.807) is 24.3 Å². The highest BCUT2D eigenvalue weighted by molar-refractivity contribution is 6.31. The number of rotatable bonds is 2. The summed E-state index contributed by atoms with van der Waals surface area (Å²) < 4.78 is 0. The van der Waals surface area contributed by atoms with E-state index >= 15 is 0 Å². The molecular weight excluding hydrogens is 286 g/mol. The van der Waals surface area contributed by atoms with Gasteiger partial charge in [-0.05, 0) is 41.5 Å². The van der Waals surface area contributed by atoms with Crippen molar-refractivity contribution in [3.63, 3.8) is 0 Å². The maximum atomic E-state index is 12.3. The van der Waals surface area contributed by atoms with E-state index in [-0.39, 0.29) is 11.9 Å². The van der Waals surface area contributed by atoms with Crippen LogP contribution in [-0.4, -0.2) is 12.5 Å². The zero-order valence-corrected chi connectivity index (χ0v) is 12.2. The van der Waals surface area contributed by atoms with Crippen molar-refractivity contribution in [3.05, 3.63) is 64.2 Å². The molecule has 1 aliphatic rings. The molecule has 0 fully saturated rings. The lowest BCUT2D eigenvalue weighted by atomic mass is 9.96. The third kappa shape index (κ3) is 2.86. The predicted octanol–water partition coefficient (Wildman–Crippen LogP) is 2.50. The summed E-state index contributed by atoms with van der Waals surface area (Å²) in [6.45, 7) is 1.43. The second-order valence-corrected chi connectivity index (χ2v) is 5.50. The van der Waals surface area contributed by atoms with Gasteiger partial charge in [-0.1, -0.05) is 23.7 Å². The molecule has 0 saturated carbocycles. The lowest BCUT2D eigenvalue weighted by molar-refractivity contribution is 0.0934. The Kier molecular flexibility index (Phi) is 3.82. The van der Waals surface area contributed by atoms with E-state index < -0.39 is 0 Å². The lowest BCUT2D eigenvalue weighted by Crippen LogP contribution is -2.39. The molecule has 1 unspecified atom stereocenters. The highest BCUT2D eigenvalue weighted by Crippen LogP contribution is 2.29. The number of amides is 1. The van der Waals surface area contributed by atoms with Gasteiger partial charge in [-0.3, -0.25) is 4.79 Å². The molecule has 0 aromatic heterocycles. The molecule has 2 aromatic carbocycles. The van der Waals surface area contributed by atoms with E-state index in [9.17, 15) is 4.79 Å². The highest BCUT2D eigenvalue weighted by atomic mass is 35.5. The minimum Gasteiger partial charge on any atom is -0.399 e. The van der Waals surface area contributed by atoms with Crippen molar-refractivity contribution < 1.29 is 4.79 Å². The van der Waals surface area contributed by atoms with Gasteiger partial charge in [0.05, 0.1) is 6.04 Å². The molecule has 0 bridgehead atoms. The number of nitrogens with one attached hydrogen (secondary N) is 2. The van der Waals surface area contributed by atoms with Crippen molar-refractivity contribution in [1.29, 1.82) is 0 Å². The zero-order valence-electron chi connectivity index (χ0n) is 11.4. The number of anilines is 1. The molecule has 5 heteroatoms. The number of benzene rings is 2. The fourth-order valence-electron chi connectivity index (χ4n) is 2.58. The van der Waals surface area contributed by atoms with Crippen molar-refractivity contribution in [3.8, 4) is 0 Å². The molecule has 1 heterocycles. The molecule has 2 aromatic rings. The molecule has 1 amide bonds. The van der Waals surface area contributed by atoms with Crippen LogP contribution in [0.5, 0.6) is 0 Å². The Bertz CT molecular complexity index is 670. The van der Waals surface area contributed by atoms with Crippen molar-refractivity contribution in [2.24, 2.45) is 0 Å². The summed E-state index contributed by atoms with van der Waals surface area (Å²) >= 11 is 6.29. The van der Waals surface area contributed by atoms with E-state index in [0.717, 1.165) is 17.7 Å². The Morgan fingerprint density at radius 2 is 2.00 bits per heavy atom. The van der Waals surface area contributed by atoms with Crippen LogP contribution in [0.15, 0.2) is 42.5 Å². The molecular formula is C16H16ClN3O. The number of halogens is 1. The standard InChI is InChI=1S/C16H16ClN3O/c17-13-3-1-2-11-8-19-9-14(15(11)13)20-16(21)10-4-6-12(18)7-5-10/h1-7,14,19H,8-9,18H2,(H,20,21). The summed E-state index contributed by atoms with van der Waals surface area (Å²) in [6.07, 6.45) is 0. The Hall–Kier alpha value is -2.04. The molecule has 0 spiro atoms. The van der Waals surface area contributed by atoms with Crippen LogP contribution >= 0.6 is 11.6 Å². The molecule has 0 saturated heterocycles. The first-order chi connectivity index (χ1) is 10.1. The molecule has 1 atom stereocenters. The number of nitrogen functional groups attached to an aromatic ring is 1. The van der Waals surface area contributed by atoms with Crippen molar-refractivity contribution in [2.75, 3.05) is 12.3 Å². The van der Waals surface area contributed by atoms with Gasteiger partial charge in [-0.15, -0.1) is 0 Å². The number of carbonyl (C=O) groups excluding carboxylic acids is 1. The fraction of sp³-hybridized carbons (Fsp3) is 0.188. The third-order valence-electron chi connectivity index (χ3n) is 3.63. The van der Waals surface area contributed by atoms with Gasteiger partial charge in [-0.25, -0.2) is 0 Å². The molecule has 0 radical (unpaired) electrons. The first-order valence-corrected chi connectivity index (χ1v) is 7.17. The largest absolute Gasteiger partial charge is 0.399 e. The van der Waals surface area contributed by atoms with Gasteiger partial charge >= 0.3 is 0 Å². The van der Waals surface area contributed by atoms with Crippen LogP contribution in [0.2, 0.25) is 5.02 Å². The number of nitrogens with two attached hydrogens (primary N) is 1. The van der Waals surface area contributed by atoms with Crippen LogP contribution < -0.4 is 16.4 Å². The second kappa shape index (κ2) is 5.76. The number of hydrogen-bond acceptors (Lipinski definition) is 3. The van der Waals surface area contributed by atoms with Crippen LogP contribution in [0.4, 0.5) is 5.69 Å². The smallest absolute Gasteiger partial charge is 0.251 e. The Morgan fingerprint density at radius 3 is 2.76 bits per heavy atom. The molecule has 0 aliphatic carbocycles. The van der Waals surface area contributed by atoms with Crippen LogP contribution in [0, 0.1) is 0 Å². The number of hydrogen-bond donors (Lipinski definition) is 3. The van der Waals surface area contributed by atoms with E-state index in [0.29, 0.717) is 22.8 Å². The van der Waals surface area contributed by atoms with Gasteiger partial charge in [0, 0.05) is 29.4 Å². The monoisotopic (exact) mass is 301 g/mol. The van der Waals surface area contributed by atoms with E-state index in [2.05, 4.69) is 10.6 Å². The first kappa shape index (κ1) is 13.9. The minimum absolute atomic E-state index is 0.130. The van der Waals surface area contributed by atoms with Gasteiger partial charge in [0.1, 0.15) is 0 Å². The average Bonchev–Trinajstić information content (AvgIpc) is 2.48. The summed E-state index contributed by atoms with van der Waals surface area (Å²) in [7, 11) is 0. The number of fused-ring (bicyclic) bond motifs is 1. The Balaban J connectivity index is 1.83. The van der Waals surface area contributed by atoms with Gasteiger partial charge < -0.3 is 16.4 Å². The van der Waals surface area contributed by atoms with E-state index in [1.165, 1.54) is 0 Å². The summed E-state index contributed by atoms with van der Waals surface area (Å²) in [5.41, 5.74) is 8.98. The van der Waals surface area contributed by atoms with Gasteiger partial charge in [-0.2, -0.15) is 0 Å².